The fourth-order valence-electron chi connectivity index (χ4n) is 5.90. The molecule has 13 atom stereocenters. The molecule has 0 spiro atoms. The Morgan fingerprint density at radius 3 is 2.45 bits per heavy atom. The van der Waals surface area contributed by atoms with Crippen molar-refractivity contribution in [3.8, 4) is 0 Å². The molecular weight excluding hydrogens is 534 g/mol. The van der Waals surface area contributed by atoms with Crippen LogP contribution in [-0.4, -0.2) is 141 Å². The topological polar surface area (TPSA) is 291 Å². The van der Waals surface area contributed by atoms with E-state index in [0.29, 0.717) is 12.2 Å². The fraction of sp³-hybridized carbons (Fsp3) is 0.875. The maximum absolute atomic E-state index is 13.2. The number of carbonyl (C=O) groups is 1. The lowest BCUT2D eigenvalue weighted by molar-refractivity contribution is -0.361. The molecule has 40 heavy (non-hydrogen) atoms. The van der Waals surface area contributed by atoms with Gasteiger partial charge in [-0.2, -0.15) is 0 Å². The number of aliphatic hydroxyl groups excluding tert-OH is 5. The van der Waals surface area contributed by atoms with Crippen LogP contribution in [0.4, 0.5) is 0 Å². The number of aliphatic hydroxyl groups is 6. The Bertz CT molecular complexity index is 926. The van der Waals surface area contributed by atoms with Gasteiger partial charge in [-0.1, -0.05) is 0 Å². The molecule has 0 radical (unpaired) electrons. The van der Waals surface area contributed by atoms with Crippen LogP contribution in [0.15, 0.2) is 11.8 Å². The minimum Gasteiger partial charge on any atom is -0.467 e. The SMILES string of the molecule is CN[C@@H]1[C@@H](O)[C@@H](O[C@]2(C(O)C(C)O)[C@@H](O)[C@H](O[C@H]3OC(CN)=CC[C@H]3N)[C@@H](N)C[C@]2(N)C(=O)CO)OC[C@]1(C)O. The van der Waals surface area contributed by atoms with Crippen molar-refractivity contribution in [3.63, 3.8) is 0 Å². The summed E-state index contributed by atoms with van der Waals surface area (Å²) in [5.74, 6) is -0.703. The van der Waals surface area contributed by atoms with Gasteiger partial charge in [-0.3, -0.25) is 4.79 Å². The molecule has 2 aliphatic heterocycles. The predicted octanol–water partition coefficient (Wildman–Crippen LogP) is -5.81. The second-order valence-corrected chi connectivity index (χ2v) is 11.1. The van der Waals surface area contributed by atoms with Crippen LogP contribution >= 0.6 is 0 Å². The number of hydrogen-bond acceptors (Lipinski definition) is 16. The second kappa shape index (κ2) is 12.5. The highest BCUT2D eigenvalue weighted by atomic mass is 16.7. The highest BCUT2D eigenvalue weighted by Gasteiger charge is 2.71. The van der Waals surface area contributed by atoms with Crippen molar-refractivity contribution in [2.75, 3.05) is 26.8 Å². The maximum Gasteiger partial charge on any atom is 0.215 e. The monoisotopic (exact) mass is 579 g/mol. The normalized spacial score (nSPS) is 45.8. The molecule has 15 N–H and O–H groups in total. The minimum atomic E-state index is -2.68. The molecular formula is C24H45N5O11. The van der Waals surface area contributed by atoms with E-state index < -0.39 is 96.8 Å². The molecule has 2 unspecified atom stereocenters. The van der Waals surface area contributed by atoms with E-state index in [2.05, 4.69) is 5.32 Å². The number of carbonyl (C=O) groups excluding carboxylic acids is 1. The number of ketones is 1. The Hall–Kier alpha value is -1.35. The van der Waals surface area contributed by atoms with E-state index in [1.165, 1.54) is 14.0 Å². The maximum atomic E-state index is 13.2. The molecule has 0 amide bonds. The van der Waals surface area contributed by atoms with Crippen LogP contribution in [-0.2, 0) is 23.7 Å². The number of hydrogen-bond donors (Lipinski definition) is 11. The second-order valence-electron chi connectivity index (χ2n) is 11.1. The molecule has 1 saturated heterocycles. The zero-order valence-corrected chi connectivity index (χ0v) is 22.9. The van der Waals surface area contributed by atoms with Gasteiger partial charge in [0.05, 0.1) is 31.3 Å². The summed E-state index contributed by atoms with van der Waals surface area (Å²) in [5, 5.41) is 68.2. The average Bonchev–Trinajstić information content (AvgIpc) is 2.90. The molecule has 0 aromatic carbocycles. The Balaban J connectivity index is 2.11. The highest BCUT2D eigenvalue weighted by Crippen LogP contribution is 2.46. The minimum absolute atomic E-state index is 0.0455. The van der Waals surface area contributed by atoms with Gasteiger partial charge in [-0.25, -0.2) is 0 Å². The largest absolute Gasteiger partial charge is 0.467 e. The van der Waals surface area contributed by atoms with Crippen molar-refractivity contribution in [2.45, 2.75) is 105 Å². The molecule has 16 nitrogen and oxygen atoms in total. The predicted molar refractivity (Wildman–Crippen MR) is 138 cm³/mol. The molecule has 2 fully saturated rings. The van der Waals surface area contributed by atoms with E-state index in [0.717, 1.165) is 6.92 Å². The number of nitrogens with two attached hydrogens (primary N) is 4. The number of likely N-dealkylation sites (N-methyl/N-ethyl adjacent to an activating group) is 1. The van der Waals surface area contributed by atoms with Crippen molar-refractivity contribution in [1.82, 2.24) is 5.32 Å². The van der Waals surface area contributed by atoms with Gasteiger partial charge in [0.2, 0.25) is 6.29 Å². The third-order valence-corrected chi connectivity index (χ3v) is 8.14. The van der Waals surface area contributed by atoms with Crippen LogP contribution in [0.25, 0.3) is 0 Å². The van der Waals surface area contributed by atoms with Crippen LogP contribution in [0.3, 0.4) is 0 Å². The molecule has 1 saturated carbocycles. The fourth-order valence-corrected chi connectivity index (χ4v) is 5.90. The molecule has 232 valence electrons. The zero-order valence-electron chi connectivity index (χ0n) is 22.9. The molecule has 3 aliphatic rings. The standard InChI is InChI=1S/C24H45N5O11/c1-10(31)18(34)24(40-21-15(33)17(29-3)22(2,36)9-37-21)19(35)16(13(27)6-23(24,28)14(32)8-30)39-20-12(26)5-4-11(7-25)38-20/h4,10,12-13,15-21,29-31,33-36H,5-9,25-28H2,1-3H3/t10?,12-,13+,15-,16-,17-,18?,19+,20-,21-,22+,23+,24-/m1/s1. The lowest BCUT2D eigenvalue weighted by atomic mass is 9.60. The van der Waals surface area contributed by atoms with Crippen molar-refractivity contribution in [3.05, 3.63) is 11.8 Å². The number of ether oxygens (including phenoxy) is 4. The van der Waals surface area contributed by atoms with Crippen LogP contribution < -0.4 is 28.3 Å². The van der Waals surface area contributed by atoms with E-state index in [1.807, 2.05) is 0 Å². The Kier molecular flexibility index (Phi) is 10.3. The van der Waals surface area contributed by atoms with E-state index in [-0.39, 0.29) is 13.2 Å². The first-order chi connectivity index (χ1) is 18.6. The van der Waals surface area contributed by atoms with Gasteiger partial charge in [-0.05, 0) is 39.8 Å². The van der Waals surface area contributed by atoms with Gasteiger partial charge in [0, 0.05) is 6.04 Å². The number of Topliss-reactive ketones (excluding diaryl/α,β-unsaturated/α-hetero) is 1. The van der Waals surface area contributed by atoms with Crippen molar-refractivity contribution < 1.29 is 54.4 Å². The summed E-state index contributed by atoms with van der Waals surface area (Å²) < 4.78 is 23.4. The summed E-state index contributed by atoms with van der Waals surface area (Å²) in [6.07, 6.45) is -10.3. The van der Waals surface area contributed by atoms with Crippen molar-refractivity contribution in [1.29, 1.82) is 0 Å². The molecule has 16 heteroatoms. The molecule has 0 aromatic rings. The van der Waals surface area contributed by atoms with E-state index >= 15 is 0 Å². The zero-order chi connectivity index (χ0) is 30.2. The van der Waals surface area contributed by atoms with Gasteiger partial charge < -0.3 is 77.8 Å². The van der Waals surface area contributed by atoms with Crippen LogP contribution in [0, 0.1) is 0 Å². The first-order valence-electron chi connectivity index (χ1n) is 13.2. The van der Waals surface area contributed by atoms with E-state index in [9.17, 15) is 35.4 Å². The smallest absolute Gasteiger partial charge is 0.215 e. The summed E-state index contributed by atoms with van der Waals surface area (Å²) in [6.45, 7) is 1.11. The third-order valence-electron chi connectivity index (χ3n) is 8.14. The lowest BCUT2D eigenvalue weighted by Crippen LogP contribution is -2.85. The molecule has 2 heterocycles. The van der Waals surface area contributed by atoms with Gasteiger partial charge in [0.15, 0.2) is 17.7 Å². The van der Waals surface area contributed by atoms with Crippen LogP contribution in [0.1, 0.15) is 26.7 Å². The lowest BCUT2D eigenvalue weighted by Gasteiger charge is -2.60. The third kappa shape index (κ3) is 5.67. The van der Waals surface area contributed by atoms with Crippen molar-refractivity contribution >= 4 is 5.78 Å². The molecule has 0 aromatic heterocycles. The molecule has 3 rings (SSSR count). The molecule has 0 bridgehead atoms. The average molecular weight is 580 g/mol. The van der Waals surface area contributed by atoms with Crippen LogP contribution in [0.5, 0.6) is 0 Å². The van der Waals surface area contributed by atoms with Crippen LogP contribution in [0.2, 0.25) is 0 Å². The van der Waals surface area contributed by atoms with Crippen molar-refractivity contribution in [2.24, 2.45) is 22.9 Å². The van der Waals surface area contributed by atoms with E-state index in [1.54, 1.807) is 6.08 Å². The molecule has 1 aliphatic carbocycles. The Morgan fingerprint density at radius 2 is 1.90 bits per heavy atom. The van der Waals surface area contributed by atoms with Gasteiger partial charge in [-0.15, -0.1) is 0 Å². The summed E-state index contributed by atoms with van der Waals surface area (Å²) in [5.41, 5.74) is 18.1. The van der Waals surface area contributed by atoms with Gasteiger partial charge in [0.1, 0.15) is 47.9 Å². The van der Waals surface area contributed by atoms with Gasteiger partial charge >= 0.3 is 0 Å². The number of rotatable bonds is 10. The Labute approximate surface area is 232 Å². The quantitative estimate of drug-likeness (QED) is 0.115. The Morgan fingerprint density at radius 1 is 1.25 bits per heavy atom. The van der Waals surface area contributed by atoms with Gasteiger partial charge in [0.25, 0.3) is 0 Å². The summed E-state index contributed by atoms with van der Waals surface area (Å²) in [6, 6.07) is -2.94. The summed E-state index contributed by atoms with van der Waals surface area (Å²) in [7, 11) is 1.48. The summed E-state index contributed by atoms with van der Waals surface area (Å²) in [4.78, 5) is 13.2. The van der Waals surface area contributed by atoms with E-state index in [4.69, 9.17) is 41.9 Å². The number of nitrogens with one attached hydrogen (secondary N) is 1. The summed E-state index contributed by atoms with van der Waals surface area (Å²) >= 11 is 0. The highest BCUT2D eigenvalue weighted by molar-refractivity contribution is 5.91. The first kappa shape index (κ1) is 33.2. The first-order valence-corrected chi connectivity index (χ1v) is 13.2.